The standard InChI is InChI=1S/C24H24N4S.C2H6/c1-17(26)21(16-25)15-23-7-8-24(29-23)20-4-3-19-14-22(6-5-18(19)13-20)28-11-9-27(2)10-12-28;1-2/h3-8,13-15H,1,9-12,26H2,2H3;1-2H3/b21-15+;. The minimum absolute atomic E-state index is 0.296. The maximum Gasteiger partial charge on any atom is 0.101 e. The quantitative estimate of drug-likeness (QED) is 0.424. The number of anilines is 1. The topological polar surface area (TPSA) is 56.3 Å². The molecule has 160 valence electrons. The van der Waals surface area contributed by atoms with Crippen molar-refractivity contribution in [3.63, 3.8) is 0 Å². The number of likely N-dealkylation sites (N-methyl/N-ethyl adjacent to an activating group) is 1. The van der Waals surface area contributed by atoms with Gasteiger partial charge in [-0.1, -0.05) is 38.6 Å². The zero-order valence-corrected chi connectivity index (χ0v) is 19.4. The zero-order valence-electron chi connectivity index (χ0n) is 18.6. The first kappa shape index (κ1) is 22.6. The highest BCUT2D eigenvalue weighted by Gasteiger charge is 2.14. The van der Waals surface area contributed by atoms with Gasteiger partial charge >= 0.3 is 0 Å². The van der Waals surface area contributed by atoms with Gasteiger partial charge in [-0.25, -0.2) is 0 Å². The molecule has 0 saturated carbocycles. The molecule has 3 aromatic rings. The van der Waals surface area contributed by atoms with Crippen LogP contribution in [-0.2, 0) is 0 Å². The Bertz CT molecular complexity index is 1130. The molecule has 0 bridgehead atoms. The Morgan fingerprint density at radius 3 is 2.39 bits per heavy atom. The van der Waals surface area contributed by atoms with Crippen molar-refractivity contribution in [2.75, 3.05) is 38.1 Å². The monoisotopic (exact) mass is 430 g/mol. The van der Waals surface area contributed by atoms with Gasteiger partial charge in [-0.2, -0.15) is 5.26 Å². The second-order valence-corrected chi connectivity index (χ2v) is 8.55. The van der Waals surface area contributed by atoms with Crippen LogP contribution in [0.5, 0.6) is 0 Å². The minimum atomic E-state index is 0.296. The number of rotatable bonds is 4. The molecule has 4 rings (SSSR count). The highest BCUT2D eigenvalue weighted by Crippen LogP contribution is 2.33. The maximum atomic E-state index is 9.17. The summed E-state index contributed by atoms with van der Waals surface area (Å²) in [6.45, 7) is 12.0. The first-order valence-corrected chi connectivity index (χ1v) is 11.5. The molecule has 0 aliphatic carbocycles. The molecule has 0 spiro atoms. The van der Waals surface area contributed by atoms with E-state index in [2.05, 4.69) is 72.0 Å². The predicted molar refractivity (Wildman–Crippen MR) is 135 cm³/mol. The number of fused-ring (bicyclic) bond motifs is 1. The molecule has 0 unspecified atom stereocenters. The molecule has 1 aliphatic rings. The molecule has 1 fully saturated rings. The first-order valence-electron chi connectivity index (χ1n) is 10.7. The first-order chi connectivity index (χ1) is 15.0. The summed E-state index contributed by atoms with van der Waals surface area (Å²) in [5, 5.41) is 11.7. The lowest BCUT2D eigenvalue weighted by Crippen LogP contribution is -2.44. The molecule has 2 aromatic carbocycles. The number of piperazine rings is 1. The molecule has 0 amide bonds. The van der Waals surface area contributed by atoms with Crippen LogP contribution in [0.25, 0.3) is 27.3 Å². The Kier molecular flexibility index (Phi) is 7.51. The smallest absolute Gasteiger partial charge is 0.101 e. The van der Waals surface area contributed by atoms with E-state index in [1.165, 1.54) is 26.9 Å². The van der Waals surface area contributed by atoms with Crippen molar-refractivity contribution in [2.24, 2.45) is 5.73 Å². The van der Waals surface area contributed by atoms with Crippen molar-refractivity contribution in [2.45, 2.75) is 13.8 Å². The second-order valence-electron chi connectivity index (χ2n) is 7.43. The van der Waals surface area contributed by atoms with E-state index in [4.69, 9.17) is 11.0 Å². The van der Waals surface area contributed by atoms with Crippen LogP contribution >= 0.6 is 11.3 Å². The van der Waals surface area contributed by atoms with Crippen molar-refractivity contribution in [3.05, 3.63) is 71.3 Å². The van der Waals surface area contributed by atoms with E-state index in [1.807, 2.05) is 19.9 Å². The summed E-state index contributed by atoms with van der Waals surface area (Å²) in [6, 6.07) is 19.5. The van der Waals surface area contributed by atoms with Crippen LogP contribution in [0, 0.1) is 11.3 Å². The summed E-state index contributed by atoms with van der Waals surface area (Å²) >= 11 is 1.64. The number of allylic oxidation sites excluding steroid dienone is 1. The molecule has 0 radical (unpaired) electrons. The van der Waals surface area contributed by atoms with Crippen molar-refractivity contribution in [1.82, 2.24) is 4.90 Å². The number of thiophene rings is 1. The van der Waals surface area contributed by atoms with Crippen LogP contribution in [0.4, 0.5) is 5.69 Å². The van der Waals surface area contributed by atoms with Gasteiger partial charge in [0, 0.05) is 47.3 Å². The fourth-order valence-corrected chi connectivity index (χ4v) is 4.52. The number of hydrogen-bond donors (Lipinski definition) is 1. The van der Waals surface area contributed by atoms with E-state index in [1.54, 1.807) is 17.4 Å². The number of nitrogens with two attached hydrogens (primary N) is 1. The molecule has 5 heteroatoms. The van der Waals surface area contributed by atoms with Gasteiger partial charge in [0.15, 0.2) is 0 Å². The third-order valence-corrected chi connectivity index (χ3v) is 6.44. The summed E-state index contributed by atoms with van der Waals surface area (Å²) in [5.41, 5.74) is 8.85. The van der Waals surface area contributed by atoms with Gasteiger partial charge in [-0.15, -0.1) is 11.3 Å². The Morgan fingerprint density at radius 1 is 1.03 bits per heavy atom. The number of hydrogen-bond acceptors (Lipinski definition) is 5. The van der Waals surface area contributed by atoms with Crippen molar-refractivity contribution >= 4 is 33.9 Å². The third kappa shape index (κ3) is 5.35. The average molecular weight is 431 g/mol. The maximum absolute atomic E-state index is 9.17. The van der Waals surface area contributed by atoms with Gasteiger partial charge in [0.1, 0.15) is 6.07 Å². The summed E-state index contributed by atoms with van der Waals surface area (Å²) in [7, 11) is 2.18. The Morgan fingerprint density at radius 2 is 1.71 bits per heavy atom. The lowest BCUT2D eigenvalue weighted by molar-refractivity contribution is 0.313. The number of nitrogens with zero attached hydrogens (tertiary/aromatic N) is 3. The highest BCUT2D eigenvalue weighted by molar-refractivity contribution is 7.16. The fraction of sp³-hybridized carbons (Fsp3) is 0.269. The average Bonchev–Trinajstić information content (AvgIpc) is 3.27. The molecule has 0 atom stereocenters. The SMILES string of the molecule is C=C(N)/C(C#N)=C/c1ccc(-c2ccc3cc(N4CCN(C)CC4)ccc3c2)s1.CC. The Balaban J connectivity index is 0.00000132. The molecule has 1 saturated heterocycles. The van der Waals surface area contributed by atoms with E-state index in [9.17, 15) is 0 Å². The highest BCUT2D eigenvalue weighted by atomic mass is 32.1. The van der Waals surface area contributed by atoms with Gasteiger partial charge < -0.3 is 15.5 Å². The Labute approximate surface area is 189 Å². The summed E-state index contributed by atoms with van der Waals surface area (Å²) < 4.78 is 0. The van der Waals surface area contributed by atoms with Crippen molar-refractivity contribution in [3.8, 4) is 16.5 Å². The summed E-state index contributed by atoms with van der Waals surface area (Å²) in [6.07, 6.45) is 1.79. The van der Waals surface area contributed by atoms with Gasteiger partial charge in [-0.05, 0) is 59.8 Å². The van der Waals surface area contributed by atoms with Gasteiger partial charge in [0.05, 0.1) is 5.57 Å². The van der Waals surface area contributed by atoms with Crippen molar-refractivity contribution < 1.29 is 0 Å². The summed E-state index contributed by atoms with van der Waals surface area (Å²) in [4.78, 5) is 7.00. The molecular formula is C26H30N4S. The largest absolute Gasteiger partial charge is 0.398 e. The van der Waals surface area contributed by atoms with E-state index >= 15 is 0 Å². The number of nitriles is 1. The van der Waals surface area contributed by atoms with Crippen LogP contribution < -0.4 is 10.6 Å². The van der Waals surface area contributed by atoms with Crippen LogP contribution in [-0.4, -0.2) is 38.1 Å². The van der Waals surface area contributed by atoms with E-state index in [0.717, 1.165) is 31.1 Å². The molecule has 2 heterocycles. The number of benzene rings is 2. The Hall–Kier alpha value is -3.07. The van der Waals surface area contributed by atoms with E-state index in [-0.39, 0.29) is 0 Å². The second kappa shape index (κ2) is 10.3. The normalized spacial score (nSPS) is 14.6. The van der Waals surface area contributed by atoms with Crippen LogP contribution in [0.3, 0.4) is 0 Å². The van der Waals surface area contributed by atoms with Gasteiger partial charge in [0.25, 0.3) is 0 Å². The lowest BCUT2D eigenvalue weighted by Gasteiger charge is -2.34. The predicted octanol–water partition coefficient (Wildman–Crippen LogP) is 5.73. The van der Waals surface area contributed by atoms with Crippen LogP contribution in [0.15, 0.2) is 66.4 Å². The third-order valence-electron chi connectivity index (χ3n) is 5.36. The van der Waals surface area contributed by atoms with E-state index < -0.39 is 0 Å². The summed E-state index contributed by atoms with van der Waals surface area (Å²) in [5.74, 6) is 0. The van der Waals surface area contributed by atoms with Gasteiger partial charge in [-0.3, -0.25) is 0 Å². The van der Waals surface area contributed by atoms with Gasteiger partial charge in [0.2, 0.25) is 0 Å². The molecule has 31 heavy (non-hydrogen) atoms. The zero-order chi connectivity index (χ0) is 22.4. The molecule has 1 aliphatic heterocycles. The van der Waals surface area contributed by atoms with Crippen LogP contribution in [0.2, 0.25) is 0 Å². The fourth-order valence-electron chi connectivity index (χ4n) is 3.57. The lowest BCUT2D eigenvalue weighted by atomic mass is 10.0. The molecule has 4 nitrogen and oxygen atoms in total. The molecular weight excluding hydrogens is 400 g/mol. The van der Waals surface area contributed by atoms with Crippen LogP contribution in [0.1, 0.15) is 18.7 Å². The minimum Gasteiger partial charge on any atom is -0.398 e. The molecule has 2 N–H and O–H groups in total. The van der Waals surface area contributed by atoms with Crippen molar-refractivity contribution in [1.29, 1.82) is 5.26 Å². The van der Waals surface area contributed by atoms with E-state index in [0.29, 0.717) is 11.3 Å². The molecule has 1 aromatic heterocycles.